The van der Waals surface area contributed by atoms with Crippen molar-refractivity contribution < 1.29 is 9.59 Å². The Bertz CT molecular complexity index is 1100. The molecule has 4 atom stereocenters. The second kappa shape index (κ2) is 4.75. The zero-order valence-electron chi connectivity index (χ0n) is 13.8. The maximum Gasteiger partial charge on any atom is 0.234 e. The lowest BCUT2D eigenvalue weighted by atomic mass is 9.85. The molecule has 0 spiro atoms. The van der Waals surface area contributed by atoms with Crippen LogP contribution in [0.15, 0.2) is 42.7 Å². The average molecular weight is 345 g/mol. The smallest absolute Gasteiger partial charge is 0.234 e. The highest BCUT2D eigenvalue weighted by atomic mass is 16.2. The number of aromatic nitrogens is 4. The molecule has 0 radical (unpaired) electrons. The summed E-state index contributed by atoms with van der Waals surface area (Å²) in [4.78, 5) is 35.9. The molecule has 2 aromatic heterocycles. The van der Waals surface area contributed by atoms with Crippen LogP contribution in [0.4, 0.5) is 0 Å². The van der Waals surface area contributed by atoms with Crippen LogP contribution in [0.1, 0.15) is 12.2 Å². The van der Waals surface area contributed by atoms with E-state index in [1.807, 2.05) is 24.3 Å². The summed E-state index contributed by atoms with van der Waals surface area (Å²) in [6.45, 7) is 0.125. The van der Waals surface area contributed by atoms with E-state index < -0.39 is 0 Å². The van der Waals surface area contributed by atoms with Gasteiger partial charge in [0.25, 0.3) is 0 Å². The van der Waals surface area contributed by atoms with Crippen molar-refractivity contribution in [2.75, 3.05) is 0 Å². The van der Waals surface area contributed by atoms with Crippen LogP contribution >= 0.6 is 0 Å². The first-order valence-corrected chi connectivity index (χ1v) is 8.83. The van der Waals surface area contributed by atoms with E-state index in [0.717, 1.165) is 17.3 Å². The van der Waals surface area contributed by atoms with Gasteiger partial charge in [0, 0.05) is 5.39 Å². The number of fused-ring (bicyclic) bond motifs is 8. The lowest BCUT2D eigenvalue weighted by Gasteiger charge is -2.15. The molecule has 2 aliphatic carbocycles. The van der Waals surface area contributed by atoms with Crippen molar-refractivity contribution in [2.24, 2.45) is 23.7 Å². The summed E-state index contributed by atoms with van der Waals surface area (Å²) in [6, 6.07) is 7.71. The monoisotopic (exact) mass is 345 g/mol. The average Bonchev–Trinajstić information content (AvgIpc) is 3.41. The highest BCUT2D eigenvalue weighted by Gasteiger charge is 2.59. The van der Waals surface area contributed by atoms with Crippen LogP contribution in [-0.2, 0) is 16.1 Å². The molecule has 7 heteroatoms. The van der Waals surface area contributed by atoms with Crippen LogP contribution < -0.4 is 0 Å². The number of carbonyl (C=O) groups excluding carboxylic acids is 2. The molecule has 3 aliphatic rings. The lowest BCUT2D eigenvalue weighted by molar-refractivity contribution is -0.141. The molecule has 1 saturated heterocycles. The maximum atomic E-state index is 12.8. The molecule has 6 rings (SSSR count). The topological polar surface area (TPSA) is 80.5 Å². The normalized spacial score (nSPS) is 29.5. The van der Waals surface area contributed by atoms with Crippen LogP contribution in [0.3, 0.4) is 0 Å². The van der Waals surface area contributed by atoms with Gasteiger partial charge in [0.2, 0.25) is 11.8 Å². The standard InChI is InChI=1S/C19H15N5O2/c25-18-15-10-5-6-11(7-10)16(15)19(26)23(18)8-14-21-17-12-3-1-2-4-13(12)20-9-24(17)22-14/h1-6,9-11,15-16H,7-8H2/t10-,11-,15+,16+/m0/s1. The van der Waals surface area contributed by atoms with Crippen molar-refractivity contribution >= 4 is 28.4 Å². The minimum atomic E-state index is -0.183. The number of carbonyl (C=O) groups is 2. The molecule has 0 unspecified atom stereocenters. The Kier molecular flexibility index (Phi) is 2.58. The van der Waals surface area contributed by atoms with Crippen molar-refractivity contribution in [1.82, 2.24) is 24.5 Å². The molecule has 2 amide bonds. The summed E-state index contributed by atoms with van der Waals surface area (Å²) in [7, 11) is 0. The third kappa shape index (κ3) is 1.70. The predicted molar refractivity (Wildman–Crippen MR) is 91.6 cm³/mol. The number of imide groups is 1. The summed E-state index contributed by atoms with van der Waals surface area (Å²) in [5.74, 6) is 0.388. The minimum absolute atomic E-state index is 0.0707. The van der Waals surface area contributed by atoms with E-state index >= 15 is 0 Å². The number of allylic oxidation sites excluding steroid dienone is 2. The predicted octanol–water partition coefficient (Wildman–Crippen LogP) is 1.58. The molecule has 1 aromatic carbocycles. The van der Waals surface area contributed by atoms with Crippen LogP contribution in [0.5, 0.6) is 0 Å². The molecule has 128 valence electrons. The number of rotatable bonds is 2. The van der Waals surface area contributed by atoms with E-state index in [1.54, 1.807) is 10.8 Å². The van der Waals surface area contributed by atoms with Gasteiger partial charge in [0.15, 0.2) is 11.5 Å². The molecule has 1 aliphatic heterocycles. The molecular weight excluding hydrogens is 330 g/mol. The fourth-order valence-corrected chi connectivity index (χ4v) is 4.85. The van der Waals surface area contributed by atoms with Crippen molar-refractivity contribution in [3.05, 3.63) is 48.6 Å². The molecule has 7 nitrogen and oxygen atoms in total. The number of likely N-dealkylation sites (tertiary alicyclic amines) is 1. The zero-order chi connectivity index (χ0) is 17.4. The van der Waals surface area contributed by atoms with Gasteiger partial charge in [-0.1, -0.05) is 24.3 Å². The molecule has 3 heterocycles. The highest BCUT2D eigenvalue weighted by Crippen LogP contribution is 2.52. The molecule has 3 aromatic rings. The number of hydrogen-bond acceptors (Lipinski definition) is 5. The number of nitrogens with zero attached hydrogens (tertiary/aromatic N) is 5. The van der Waals surface area contributed by atoms with Crippen LogP contribution in [0.2, 0.25) is 0 Å². The first-order valence-electron chi connectivity index (χ1n) is 8.83. The van der Waals surface area contributed by atoms with Gasteiger partial charge < -0.3 is 0 Å². The molecule has 1 saturated carbocycles. The number of benzene rings is 1. The Balaban J connectivity index is 1.37. The third-order valence-corrected chi connectivity index (χ3v) is 5.99. The Morgan fingerprint density at radius 1 is 1.04 bits per heavy atom. The van der Waals surface area contributed by atoms with Crippen molar-refractivity contribution in [3.63, 3.8) is 0 Å². The Morgan fingerprint density at radius 3 is 2.54 bits per heavy atom. The first kappa shape index (κ1) is 14.1. The maximum absolute atomic E-state index is 12.8. The van der Waals surface area contributed by atoms with Gasteiger partial charge in [0.1, 0.15) is 6.33 Å². The second-order valence-corrected chi connectivity index (χ2v) is 7.32. The van der Waals surface area contributed by atoms with E-state index in [1.165, 1.54) is 4.90 Å². The van der Waals surface area contributed by atoms with Crippen LogP contribution in [0, 0.1) is 23.7 Å². The van der Waals surface area contributed by atoms with Crippen molar-refractivity contribution in [2.45, 2.75) is 13.0 Å². The van der Waals surface area contributed by atoms with Crippen LogP contribution in [0.25, 0.3) is 16.6 Å². The summed E-state index contributed by atoms with van der Waals surface area (Å²) >= 11 is 0. The number of hydrogen-bond donors (Lipinski definition) is 0. The fraction of sp³-hybridized carbons (Fsp3) is 0.316. The minimum Gasteiger partial charge on any atom is -0.274 e. The molecule has 26 heavy (non-hydrogen) atoms. The van der Waals surface area contributed by atoms with Gasteiger partial charge in [-0.2, -0.15) is 0 Å². The first-order chi connectivity index (χ1) is 12.7. The highest BCUT2D eigenvalue weighted by molar-refractivity contribution is 6.06. The van der Waals surface area contributed by atoms with E-state index in [-0.39, 0.29) is 42.0 Å². The van der Waals surface area contributed by atoms with Gasteiger partial charge in [-0.3, -0.25) is 14.5 Å². The molecular formula is C19H15N5O2. The largest absolute Gasteiger partial charge is 0.274 e. The number of amides is 2. The Hall–Kier alpha value is -3.09. The Labute approximate surface area is 148 Å². The number of para-hydroxylation sites is 1. The van der Waals surface area contributed by atoms with Gasteiger partial charge in [0.05, 0.1) is 23.9 Å². The van der Waals surface area contributed by atoms with Gasteiger partial charge in [-0.25, -0.2) is 14.5 Å². The quantitative estimate of drug-likeness (QED) is 0.520. The second-order valence-electron chi connectivity index (χ2n) is 7.32. The molecule has 2 bridgehead atoms. The van der Waals surface area contributed by atoms with E-state index in [9.17, 15) is 9.59 Å². The summed E-state index contributed by atoms with van der Waals surface area (Å²) in [5, 5.41) is 5.32. The van der Waals surface area contributed by atoms with Crippen LogP contribution in [-0.4, -0.2) is 36.3 Å². The van der Waals surface area contributed by atoms with Gasteiger partial charge in [-0.05, 0) is 30.4 Å². The third-order valence-electron chi connectivity index (χ3n) is 5.99. The Morgan fingerprint density at radius 2 is 1.77 bits per heavy atom. The van der Waals surface area contributed by atoms with E-state index in [0.29, 0.717) is 11.5 Å². The fourth-order valence-electron chi connectivity index (χ4n) is 4.85. The van der Waals surface area contributed by atoms with E-state index in [4.69, 9.17) is 0 Å². The SMILES string of the molecule is O=C1[C@H]2[C@H](C(=O)N1Cc1nc3c4ccccc4ncn3n1)[C@H]1C=C[C@H]2C1. The van der Waals surface area contributed by atoms with Gasteiger partial charge >= 0.3 is 0 Å². The molecule has 0 N–H and O–H groups in total. The summed E-state index contributed by atoms with van der Waals surface area (Å²) in [6.07, 6.45) is 6.74. The summed E-state index contributed by atoms with van der Waals surface area (Å²) in [5.41, 5.74) is 1.52. The summed E-state index contributed by atoms with van der Waals surface area (Å²) < 4.78 is 1.61. The zero-order valence-corrected chi connectivity index (χ0v) is 13.8. The lowest BCUT2D eigenvalue weighted by Crippen LogP contribution is -2.32. The van der Waals surface area contributed by atoms with Crippen molar-refractivity contribution in [1.29, 1.82) is 0 Å². The van der Waals surface area contributed by atoms with Crippen molar-refractivity contribution in [3.8, 4) is 0 Å². The van der Waals surface area contributed by atoms with Gasteiger partial charge in [-0.15, -0.1) is 5.10 Å². The van der Waals surface area contributed by atoms with E-state index in [2.05, 4.69) is 27.2 Å². The molecule has 2 fully saturated rings.